The van der Waals surface area contributed by atoms with Crippen LogP contribution in [0.2, 0.25) is 0 Å². The van der Waals surface area contributed by atoms with Crippen LogP contribution in [0.1, 0.15) is 29.3 Å². The second-order valence-corrected chi connectivity index (χ2v) is 8.28. The molecule has 0 unspecified atom stereocenters. The van der Waals surface area contributed by atoms with Gasteiger partial charge < -0.3 is 8.98 Å². The Balaban J connectivity index is 1.36. The summed E-state index contributed by atoms with van der Waals surface area (Å²) in [5, 5.41) is 14.4. The quantitative estimate of drug-likeness (QED) is 0.380. The van der Waals surface area contributed by atoms with E-state index >= 15 is 0 Å². The highest BCUT2D eigenvalue weighted by Crippen LogP contribution is 2.24. The fourth-order valence-electron chi connectivity index (χ4n) is 4.25. The van der Waals surface area contributed by atoms with Gasteiger partial charge >= 0.3 is 0 Å². The number of aromatic nitrogens is 5. The number of hydrogen-bond acceptors (Lipinski definition) is 5. The molecule has 0 fully saturated rings. The zero-order chi connectivity index (χ0) is 22.9. The summed E-state index contributed by atoms with van der Waals surface area (Å²) in [6, 6.07) is 17.5. The second-order valence-electron chi connectivity index (χ2n) is 8.28. The van der Waals surface area contributed by atoms with Crippen molar-refractivity contribution >= 4 is 10.8 Å². The number of benzene rings is 2. The van der Waals surface area contributed by atoms with Gasteiger partial charge in [-0.3, -0.25) is 4.79 Å². The van der Waals surface area contributed by atoms with Crippen LogP contribution in [0.4, 0.5) is 0 Å². The third-order valence-corrected chi connectivity index (χ3v) is 6.08. The topological polar surface area (TPSA) is 78.7 Å². The molecule has 0 bridgehead atoms. The summed E-state index contributed by atoms with van der Waals surface area (Å²) >= 11 is 0. The molecule has 33 heavy (non-hydrogen) atoms. The van der Waals surface area contributed by atoms with Crippen molar-refractivity contribution in [2.45, 2.75) is 40.2 Å². The number of fused-ring (bicyclic) bond motifs is 1. The summed E-state index contributed by atoms with van der Waals surface area (Å²) in [6.45, 7) is 6.82. The fraction of sp³-hybridized carbons (Fsp3) is 0.231. The lowest BCUT2D eigenvalue weighted by atomic mass is 10.1. The predicted molar refractivity (Wildman–Crippen MR) is 128 cm³/mol. The third-order valence-electron chi connectivity index (χ3n) is 6.08. The van der Waals surface area contributed by atoms with Crippen LogP contribution in [0, 0.1) is 20.8 Å². The molecule has 5 aromatic rings. The Morgan fingerprint density at radius 3 is 2.42 bits per heavy atom. The van der Waals surface area contributed by atoms with Crippen molar-refractivity contribution in [3.63, 3.8) is 0 Å². The molecule has 0 radical (unpaired) electrons. The molecule has 0 spiro atoms. The van der Waals surface area contributed by atoms with Crippen molar-refractivity contribution in [3.8, 4) is 17.1 Å². The van der Waals surface area contributed by atoms with Gasteiger partial charge in [-0.25, -0.2) is 0 Å². The van der Waals surface area contributed by atoms with Gasteiger partial charge in [0.25, 0.3) is 5.56 Å². The molecule has 0 aliphatic heterocycles. The SMILES string of the molecule is Cc1ccc(-c2nnc(CCCn3c(C)c4cnn(-c5ccccc5)c(=O)c4c3C)o2)cc1. The molecule has 0 saturated heterocycles. The third kappa shape index (κ3) is 3.86. The smallest absolute Gasteiger partial charge is 0.281 e. The number of nitrogens with zero attached hydrogens (tertiary/aromatic N) is 5. The zero-order valence-electron chi connectivity index (χ0n) is 18.9. The lowest BCUT2D eigenvalue weighted by molar-refractivity contribution is 0.483. The minimum atomic E-state index is -0.0994. The van der Waals surface area contributed by atoms with Gasteiger partial charge in [0.05, 0.1) is 17.3 Å². The van der Waals surface area contributed by atoms with Crippen molar-refractivity contribution < 1.29 is 4.42 Å². The lowest BCUT2D eigenvalue weighted by Crippen LogP contribution is -2.21. The van der Waals surface area contributed by atoms with Crippen LogP contribution in [0.5, 0.6) is 0 Å². The van der Waals surface area contributed by atoms with E-state index in [1.807, 2.05) is 75.4 Å². The molecule has 0 amide bonds. The Bertz CT molecular complexity index is 1480. The maximum absolute atomic E-state index is 13.2. The fourth-order valence-corrected chi connectivity index (χ4v) is 4.25. The highest BCUT2D eigenvalue weighted by molar-refractivity contribution is 5.87. The van der Waals surface area contributed by atoms with E-state index < -0.39 is 0 Å². The van der Waals surface area contributed by atoms with Gasteiger partial charge in [-0.05, 0) is 51.5 Å². The van der Waals surface area contributed by atoms with Crippen LogP contribution in [0.25, 0.3) is 27.9 Å². The predicted octanol–water partition coefficient (Wildman–Crippen LogP) is 4.80. The van der Waals surface area contributed by atoms with E-state index in [1.54, 1.807) is 6.20 Å². The number of para-hydroxylation sites is 1. The molecule has 166 valence electrons. The van der Waals surface area contributed by atoms with Gasteiger partial charge in [0.1, 0.15) is 0 Å². The van der Waals surface area contributed by atoms with Crippen LogP contribution in [0.15, 0.2) is 70.0 Å². The average molecular weight is 440 g/mol. The first-order chi connectivity index (χ1) is 16.0. The van der Waals surface area contributed by atoms with E-state index in [0.29, 0.717) is 23.6 Å². The van der Waals surface area contributed by atoms with E-state index in [2.05, 4.69) is 19.9 Å². The molecule has 3 aromatic heterocycles. The molecule has 7 nitrogen and oxygen atoms in total. The van der Waals surface area contributed by atoms with E-state index in [9.17, 15) is 4.79 Å². The minimum Gasteiger partial charge on any atom is -0.421 e. The molecule has 0 N–H and O–H groups in total. The monoisotopic (exact) mass is 439 g/mol. The van der Waals surface area contributed by atoms with Crippen LogP contribution in [-0.2, 0) is 13.0 Å². The van der Waals surface area contributed by atoms with Gasteiger partial charge in [0.2, 0.25) is 11.8 Å². The van der Waals surface area contributed by atoms with Crippen LogP contribution < -0.4 is 5.56 Å². The first-order valence-electron chi connectivity index (χ1n) is 11.1. The Morgan fingerprint density at radius 2 is 1.67 bits per heavy atom. The maximum atomic E-state index is 13.2. The summed E-state index contributed by atoms with van der Waals surface area (Å²) < 4.78 is 9.50. The molecule has 7 heteroatoms. The summed E-state index contributed by atoms with van der Waals surface area (Å²) in [6.07, 6.45) is 3.27. The molecule has 2 aromatic carbocycles. The minimum absolute atomic E-state index is 0.0994. The number of aryl methyl sites for hydroxylation is 4. The van der Waals surface area contributed by atoms with Crippen molar-refractivity contribution in [2.75, 3.05) is 0 Å². The van der Waals surface area contributed by atoms with Gasteiger partial charge in [0, 0.05) is 35.3 Å². The Hall–Kier alpha value is -4.00. The highest BCUT2D eigenvalue weighted by Gasteiger charge is 2.17. The van der Waals surface area contributed by atoms with Crippen molar-refractivity contribution in [2.24, 2.45) is 0 Å². The molecular formula is C26H25N5O2. The van der Waals surface area contributed by atoms with E-state index in [4.69, 9.17) is 4.42 Å². The van der Waals surface area contributed by atoms with Gasteiger partial charge in [-0.2, -0.15) is 9.78 Å². The molecule has 5 rings (SSSR count). The average Bonchev–Trinajstić information content (AvgIpc) is 3.39. The summed E-state index contributed by atoms with van der Waals surface area (Å²) in [5.74, 6) is 1.15. The van der Waals surface area contributed by atoms with Gasteiger partial charge in [0.15, 0.2) is 0 Å². The largest absolute Gasteiger partial charge is 0.421 e. The van der Waals surface area contributed by atoms with E-state index in [-0.39, 0.29) is 5.56 Å². The molecular weight excluding hydrogens is 414 g/mol. The van der Waals surface area contributed by atoms with Gasteiger partial charge in [-0.1, -0.05) is 35.9 Å². The number of rotatable bonds is 6. The Kier molecular flexibility index (Phi) is 5.38. The summed E-state index contributed by atoms with van der Waals surface area (Å²) in [4.78, 5) is 13.2. The van der Waals surface area contributed by atoms with Crippen molar-refractivity contribution in [1.29, 1.82) is 0 Å². The summed E-state index contributed by atoms with van der Waals surface area (Å²) in [7, 11) is 0. The normalized spacial score (nSPS) is 11.4. The van der Waals surface area contributed by atoms with Crippen LogP contribution in [0.3, 0.4) is 0 Å². The maximum Gasteiger partial charge on any atom is 0.281 e. The zero-order valence-corrected chi connectivity index (χ0v) is 18.9. The van der Waals surface area contributed by atoms with Crippen LogP contribution in [-0.4, -0.2) is 24.5 Å². The lowest BCUT2D eigenvalue weighted by Gasteiger charge is -2.07. The molecule has 0 aliphatic rings. The number of hydrogen-bond donors (Lipinski definition) is 0. The van der Waals surface area contributed by atoms with E-state index in [1.165, 1.54) is 10.2 Å². The molecule has 0 atom stereocenters. The molecule has 0 aliphatic carbocycles. The highest BCUT2D eigenvalue weighted by atomic mass is 16.4. The van der Waals surface area contributed by atoms with Gasteiger partial charge in [-0.15, -0.1) is 10.2 Å². The van der Waals surface area contributed by atoms with Crippen molar-refractivity contribution in [3.05, 3.63) is 94.0 Å². The first kappa shape index (κ1) is 20.9. The van der Waals surface area contributed by atoms with Crippen molar-refractivity contribution in [1.82, 2.24) is 24.5 Å². The van der Waals surface area contributed by atoms with E-state index in [0.717, 1.165) is 41.0 Å². The Labute approximate surface area is 191 Å². The molecule has 0 saturated carbocycles. The molecule has 3 heterocycles. The standard InChI is InChI=1S/C26H25N5O2/c1-17-11-13-20(14-12-17)25-29-28-23(33-25)10-7-15-30-18(2)22-16-27-31(21-8-5-4-6-9-21)26(32)24(22)19(30)3/h4-6,8-9,11-14,16H,7,10,15H2,1-3H3. The first-order valence-corrected chi connectivity index (χ1v) is 11.1. The second kappa shape index (κ2) is 8.50. The Morgan fingerprint density at radius 1 is 0.909 bits per heavy atom. The van der Waals surface area contributed by atoms with Crippen LogP contribution >= 0.6 is 0 Å². The summed E-state index contributed by atoms with van der Waals surface area (Å²) in [5.41, 5.74) is 4.76.